The van der Waals surface area contributed by atoms with Gasteiger partial charge in [0.05, 0.1) is 4.91 Å². The molecule has 0 aromatic heterocycles. The predicted octanol–water partition coefficient (Wildman–Crippen LogP) is 2.56. The molecule has 0 saturated heterocycles. The normalized spacial score (nSPS) is 15.5. The van der Waals surface area contributed by atoms with Crippen LogP contribution in [0.2, 0.25) is 0 Å². The fraction of sp³-hybridized carbons (Fsp3) is 0.0556. The lowest BCUT2D eigenvalue weighted by Gasteiger charge is -2.07. The van der Waals surface area contributed by atoms with Crippen molar-refractivity contribution in [3.8, 4) is 5.75 Å². The molecular formula is C18H14N2O5S2. The number of amidine groups is 1. The van der Waals surface area contributed by atoms with E-state index in [1.807, 2.05) is 0 Å². The second-order valence-corrected chi connectivity index (χ2v) is 8.01. The number of thioether (sulfide) groups is 1. The molecule has 1 aliphatic rings. The first-order valence-corrected chi connectivity index (χ1v) is 9.96. The van der Waals surface area contributed by atoms with Gasteiger partial charge in [-0.25, -0.2) is 0 Å². The summed E-state index contributed by atoms with van der Waals surface area (Å²) in [5.74, 6) is -0.603. The highest BCUT2D eigenvalue weighted by Crippen LogP contribution is 2.28. The van der Waals surface area contributed by atoms with Crippen LogP contribution in [0.15, 0.2) is 69.4 Å². The van der Waals surface area contributed by atoms with Crippen molar-refractivity contribution in [1.29, 1.82) is 0 Å². The Bertz CT molecular complexity index is 1040. The minimum Gasteiger partial charge on any atom is -0.379 e. The Hall–Kier alpha value is -2.91. The van der Waals surface area contributed by atoms with Crippen molar-refractivity contribution in [2.24, 2.45) is 4.99 Å². The third-order valence-corrected chi connectivity index (χ3v) is 5.48. The Morgan fingerprint density at radius 2 is 1.78 bits per heavy atom. The molecule has 1 heterocycles. The van der Waals surface area contributed by atoms with E-state index < -0.39 is 16.0 Å². The molecule has 0 saturated carbocycles. The number of nitrogens with zero attached hydrogens (tertiary/aromatic N) is 1. The lowest BCUT2D eigenvalue weighted by Crippen LogP contribution is -2.23. The standard InChI is InChI=1S/C18H14N2O5S2/c1-12(21)19-18-20-17(22)16(26-18)11-13-7-9-14(10-8-13)25-27(23,24)15-5-3-2-4-6-15/h2-11H,1H3,(H,19,20,21,22)/b16-11+. The van der Waals surface area contributed by atoms with Crippen molar-refractivity contribution < 1.29 is 22.2 Å². The summed E-state index contributed by atoms with van der Waals surface area (Å²) in [6, 6.07) is 14.1. The predicted molar refractivity (Wildman–Crippen MR) is 103 cm³/mol. The smallest absolute Gasteiger partial charge is 0.339 e. The zero-order valence-electron chi connectivity index (χ0n) is 14.1. The van der Waals surface area contributed by atoms with Crippen molar-refractivity contribution in [1.82, 2.24) is 5.32 Å². The number of rotatable bonds is 4. The van der Waals surface area contributed by atoms with Crippen LogP contribution in [0.5, 0.6) is 5.75 Å². The highest BCUT2D eigenvalue weighted by molar-refractivity contribution is 8.18. The van der Waals surface area contributed by atoms with Crippen molar-refractivity contribution in [3.63, 3.8) is 0 Å². The molecule has 0 atom stereocenters. The fourth-order valence-corrected chi connectivity index (χ4v) is 3.96. The van der Waals surface area contributed by atoms with Gasteiger partial charge in [-0.1, -0.05) is 30.3 Å². The molecule has 2 amide bonds. The van der Waals surface area contributed by atoms with Crippen LogP contribution < -0.4 is 9.50 Å². The molecule has 138 valence electrons. The molecule has 1 N–H and O–H groups in total. The van der Waals surface area contributed by atoms with Gasteiger partial charge in [-0.05, 0) is 47.7 Å². The molecule has 7 nitrogen and oxygen atoms in total. The lowest BCUT2D eigenvalue weighted by atomic mass is 10.2. The van der Waals surface area contributed by atoms with E-state index in [-0.39, 0.29) is 21.7 Å². The number of carbonyl (C=O) groups excluding carboxylic acids is 2. The molecule has 0 unspecified atom stereocenters. The molecular weight excluding hydrogens is 388 g/mol. The van der Waals surface area contributed by atoms with E-state index >= 15 is 0 Å². The summed E-state index contributed by atoms with van der Waals surface area (Å²) in [6.07, 6.45) is 1.60. The van der Waals surface area contributed by atoms with E-state index in [9.17, 15) is 18.0 Å². The van der Waals surface area contributed by atoms with Crippen molar-refractivity contribution in [2.45, 2.75) is 11.8 Å². The minimum absolute atomic E-state index is 0.0618. The third-order valence-electron chi connectivity index (χ3n) is 3.32. The summed E-state index contributed by atoms with van der Waals surface area (Å²) in [4.78, 5) is 27.0. The van der Waals surface area contributed by atoms with Gasteiger partial charge in [-0.3, -0.25) is 9.59 Å². The van der Waals surface area contributed by atoms with E-state index in [0.717, 1.165) is 11.8 Å². The van der Waals surface area contributed by atoms with Crippen LogP contribution in [0.4, 0.5) is 0 Å². The van der Waals surface area contributed by atoms with Crippen LogP contribution in [0, 0.1) is 0 Å². The molecule has 0 fully saturated rings. The molecule has 2 aromatic rings. The number of hydrogen-bond acceptors (Lipinski definition) is 6. The van der Waals surface area contributed by atoms with Gasteiger partial charge in [0.25, 0.3) is 5.91 Å². The van der Waals surface area contributed by atoms with Gasteiger partial charge < -0.3 is 9.50 Å². The molecule has 3 rings (SSSR count). The average molecular weight is 402 g/mol. The Labute approximate surface area is 160 Å². The summed E-state index contributed by atoms with van der Waals surface area (Å²) in [5, 5.41) is 2.69. The first-order chi connectivity index (χ1) is 12.8. The number of nitrogens with one attached hydrogen (secondary N) is 1. The maximum Gasteiger partial charge on any atom is 0.339 e. The maximum atomic E-state index is 12.2. The Kier molecular flexibility index (Phi) is 5.43. The minimum atomic E-state index is -3.91. The second kappa shape index (κ2) is 7.77. The van der Waals surface area contributed by atoms with Crippen LogP contribution in [-0.4, -0.2) is 25.4 Å². The first kappa shape index (κ1) is 18.9. The SMILES string of the molecule is CC(=O)NC1=NC(=O)/C(=C\c2ccc(OS(=O)(=O)c3ccccc3)cc2)S1. The summed E-state index contributed by atoms with van der Waals surface area (Å²) in [7, 11) is -3.91. The summed E-state index contributed by atoms with van der Waals surface area (Å²) in [5.41, 5.74) is 0.662. The highest BCUT2D eigenvalue weighted by Gasteiger charge is 2.22. The van der Waals surface area contributed by atoms with Crippen LogP contribution in [0.1, 0.15) is 12.5 Å². The van der Waals surface area contributed by atoms with Crippen molar-refractivity contribution in [2.75, 3.05) is 0 Å². The summed E-state index contributed by atoms with van der Waals surface area (Å²) >= 11 is 1.06. The van der Waals surface area contributed by atoms with Gasteiger partial charge >= 0.3 is 10.1 Å². The van der Waals surface area contributed by atoms with Gasteiger partial charge in [-0.2, -0.15) is 13.4 Å². The van der Waals surface area contributed by atoms with E-state index in [1.54, 1.807) is 36.4 Å². The molecule has 0 radical (unpaired) electrons. The van der Waals surface area contributed by atoms with Gasteiger partial charge in [0.2, 0.25) is 5.91 Å². The molecule has 27 heavy (non-hydrogen) atoms. The van der Waals surface area contributed by atoms with Gasteiger partial charge in [0, 0.05) is 6.92 Å². The second-order valence-electron chi connectivity index (χ2n) is 5.43. The summed E-state index contributed by atoms with van der Waals surface area (Å²) in [6.45, 7) is 1.33. The van der Waals surface area contributed by atoms with Crippen LogP contribution >= 0.6 is 11.8 Å². The van der Waals surface area contributed by atoms with Gasteiger partial charge in [-0.15, -0.1) is 0 Å². The molecule has 0 spiro atoms. The molecule has 0 aliphatic carbocycles. The van der Waals surface area contributed by atoms with Crippen LogP contribution in [0.25, 0.3) is 6.08 Å². The van der Waals surface area contributed by atoms with Gasteiger partial charge in [0.1, 0.15) is 10.6 Å². The van der Waals surface area contributed by atoms with Crippen molar-refractivity contribution >= 4 is 44.9 Å². The molecule has 2 aromatic carbocycles. The van der Waals surface area contributed by atoms with E-state index in [2.05, 4.69) is 10.3 Å². The third kappa shape index (κ3) is 4.83. The average Bonchev–Trinajstić information content (AvgIpc) is 2.95. The zero-order valence-corrected chi connectivity index (χ0v) is 15.7. The van der Waals surface area contributed by atoms with Crippen molar-refractivity contribution in [3.05, 3.63) is 65.1 Å². The number of hydrogen-bond donors (Lipinski definition) is 1. The zero-order chi connectivity index (χ0) is 19.4. The monoisotopic (exact) mass is 402 g/mol. The van der Waals surface area contributed by atoms with E-state index in [4.69, 9.17) is 4.18 Å². The Morgan fingerprint density at radius 1 is 1.11 bits per heavy atom. The first-order valence-electron chi connectivity index (χ1n) is 7.73. The number of aliphatic imine (C=N–C) groups is 1. The van der Waals surface area contributed by atoms with Gasteiger partial charge in [0.15, 0.2) is 5.17 Å². The molecule has 0 bridgehead atoms. The Morgan fingerprint density at radius 3 is 2.41 bits per heavy atom. The number of amides is 2. The number of benzene rings is 2. The van der Waals surface area contributed by atoms with E-state index in [1.165, 1.54) is 31.2 Å². The summed E-state index contributed by atoms with van der Waals surface area (Å²) < 4.78 is 29.5. The molecule has 1 aliphatic heterocycles. The fourth-order valence-electron chi connectivity index (χ4n) is 2.15. The topological polar surface area (TPSA) is 102 Å². The largest absolute Gasteiger partial charge is 0.379 e. The highest BCUT2D eigenvalue weighted by atomic mass is 32.2. The quantitative estimate of drug-likeness (QED) is 0.623. The van der Waals surface area contributed by atoms with Crippen LogP contribution in [-0.2, 0) is 19.7 Å². The maximum absolute atomic E-state index is 12.2. The van der Waals surface area contributed by atoms with Crippen LogP contribution in [0.3, 0.4) is 0 Å². The molecule has 9 heteroatoms. The Balaban J connectivity index is 1.71. The number of carbonyl (C=O) groups is 2. The lowest BCUT2D eigenvalue weighted by molar-refractivity contribution is -0.117. The van der Waals surface area contributed by atoms with E-state index in [0.29, 0.717) is 10.5 Å².